The van der Waals surface area contributed by atoms with E-state index < -0.39 is 0 Å². The molecule has 4 rings (SSSR count). The second-order valence-electron chi connectivity index (χ2n) is 7.48. The summed E-state index contributed by atoms with van der Waals surface area (Å²) in [7, 11) is 0. The molecule has 2 aromatic rings. The highest BCUT2D eigenvalue weighted by Gasteiger charge is 2.26. The average molecular weight is 397 g/mol. The molecule has 1 aromatic carbocycles. The monoisotopic (exact) mass is 397 g/mol. The van der Waals surface area contributed by atoms with E-state index in [4.69, 9.17) is 0 Å². The van der Waals surface area contributed by atoms with Gasteiger partial charge in [-0.1, -0.05) is 11.3 Å². The maximum absolute atomic E-state index is 12.8. The first-order valence-electron chi connectivity index (χ1n) is 10.2. The van der Waals surface area contributed by atoms with Crippen LogP contribution in [0.4, 0.5) is 16.2 Å². The lowest BCUT2D eigenvalue weighted by Crippen LogP contribution is -2.38. The smallest absolute Gasteiger partial charge is 0.321 e. The van der Waals surface area contributed by atoms with Crippen molar-refractivity contribution in [1.82, 2.24) is 25.6 Å². The minimum Gasteiger partial charge on any atom is -0.338 e. The summed E-state index contributed by atoms with van der Waals surface area (Å²) in [6.45, 7) is 6.89. The van der Waals surface area contributed by atoms with Crippen molar-refractivity contribution in [2.75, 3.05) is 36.4 Å². The lowest BCUT2D eigenvalue weighted by Gasteiger charge is -2.23. The van der Waals surface area contributed by atoms with Gasteiger partial charge in [0.2, 0.25) is 0 Å². The molecular formula is C20H27N7O2. The summed E-state index contributed by atoms with van der Waals surface area (Å²) in [5, 5.41) is 17.4. The zero-order chi connectivity index (χ0) is 20.4. The highest BCUT2D eigenvalue weighted by atomic mass is 16.2. The first-order valence-corrected chi connectivity index (χ1v) is 10.2. The van der Waals surface area contributed by atoms with Gasteiger partial charge in [0.15, 0.2) is 5.69 Å². The molecule has 0 radical (unpaired) electrons. The molecule has 9 heteroatoms. The van der Waals surface area contributed by atoms with E-state index in [1.807, 2.05) is 36.7 Å². The molecule has 3 amide bonds. The van der Waals surface area contributed by atoms with Gasteiger partial charge in [0, 0.05) is 18.8 Å². The number of fused-ring (bicyclic) bond motifs is 1. The summed E-state index contributed by atoms with van der Waals surface area (Å²) in [6, 6.07) is 5.83. The SMILES string of the molecule is CCNC(=O)N1CCc2ccc(NC(=O)c3nnn(C4CCNCC4)c3C)cc21. The molecule has 0 aliphatic carbocycles. The van der Waals surface area contributed by atoms with Crippen molar-refractivity contribution in [2.45, 2.75) is 39.2 Å². The Hall–Kier alpha value is -2.94. The molecule has 1 aromatic heterocycles. The first kappa shape index (κ1) is 19.4. The number of carbonyl (C=O) groups excluding carboxylic acids is 2. The van der Waals surface area contributed by atoms with E-state index in [-0.39, 0.29) is 18.0 Å². The van der Waals surface area contributed by atoms with Gasteiger partial charge in [0.1, 0.15) is 0 Å². The van der Waals surface area contributed by atoms with Crippen LogP contribution in [0, 0.1) is 6.92 Å². The van der Waals surface area contributed by atoms with Crippen LogP contribution >= 0.6 is 0 Å². The first-order chi connectivity index (χ1) is 14.1. The molecule has 3 N–H and O–H groups in total. The molecule has 0 atom stereocenters. The van der Waals surface area contributed by atoms with E-state index in [9.17, 15) is 9.59 Å². The van der Waals surface area contributed by atoms with E-state index in [1.54, 1.807) is 4.90 Å². The summed E-state index contributed by atoms with van der Waals surface area (Å²) in [4.78, 5) is 26.8. The number of amides is 3. The minimum atomic E-state index is -0.287. The van der Waals surface area contributed by atoms with E-state index in [2.05, 4.69) is 26.3 Å². The molecule has 29 heavy (non-hydrogen) atoms. The van der Waals surface area contributed by atoms with Gasteiger partial charge < -0.3 is 16.0 Å². The Morgan fingerprint density at radius 2 is 2.07 bits per heavy atom. The second-order valence-corrected chi connectivity index (χ2v) is 7.48. The average Bonchev–Trinajstić information content (AvgIpc) is 3.32. The van der Waals surface area contributed by atoms with Crippen molar-refractivity contribution in [3.05, 3.63) is 35.2 Å². The van der Waals surface area contributed by atoms with Crippen LogP contribution in [0.3, 0.4) is 0 Å². The number of hydrogen-bond acceptors (Lipinski definition) is 5. The number of hydrogen-bond donors (Lipinski definition) is 3. The number of nitrogens with one attached hydrogen (secondary N) is 3. The van der Waals surface area contributed by atoms with E-state index in [1.165, 1.54) is 0 Å². The van der Waals surface area contributed by atoms with Crippen molar-refractivity contribution >= 4 is 23.3 Å². The molecular weight excluding hydrogens is 370 g/mol. The molecule has 3 heterocycles. The summed E-state index contributed by atoms with van der Waals surface area (Å²) in [5.41, 5.74) is 3.69. The van der Waals surface area contributed by atoms with Crippen LogP contribution in [-0.4, -0.2) is 53.1 Å². The number of rotatable bonds is 4. The van der Waals surface area contributed by atoms with Gasteiger partial charge >= 0.3 is 6.03 Å². The van der Waals surface area contributed by atoms with Gasteiger partial charge in [-0.2, -0.15) is 0 Å². The van der Waals surface area contributed by atoms with Gasteiger partial charge in [-0.15, -0.1) is 5.10 Å². The molecule has 0 saturated carbocycles. The topological polar surface area (TPSA) is 104 Å². The fourth-order valence-corrected chi connectivity index (χ4v) is 4.05. The van der Waals surface area contributed by atoms with Gasteiger partial charge in [-0.3, -0.25) is 9.69 Å². The normalized spacial score (nSPS) is 16.6. The molecule has 1 saturated heterocycles. The molecule has 0 spiro atoms. The maximum atomic E-state index is 12.8. The predicted octanol–water partition coefficient (Wildman–Crippen LogP) is 1.86. The van der Waals surface area contributed by atoms with Crippen molar-refractivity contribution in [1.29, 1.82) is 0 Å². The molecule has 154 valence electrons. The van der Waals surface area contributed by atoms with Crippen molar-refractivity contribution in [3.8, 4) is 0 Å². The van der Waals surface area contributed by atoms with Crippen LogP contribution in [0.25, 0.3) is 0 Å². The summed E-state index contributed by atoms with van der Waals surface area (Å²) in [5.74, 6) is -0.287. The Morgan fingerprint density at radius 3 is 2.83 bits per heavy atom. The second kappa shape index (κ2) is 8.20. The third-order valence-electron chi connectivity index (χ3n) is 5.61. The zero-order valence-electron chi connectivity index (χ0n) is 16.9. The summed E-state index contributed by atoms with van der Waals surface area (Å²) >= 11 is 0. The number of nitrogens with zero attached hydrogens (tertiary/aromatic N) is 4. The van der Waals surface area contributed by atoms with E-state index in [0.29, 0.717) is 24.5 Å². The predicted molar refractivity (Wildman–Crippen MR) is 110 cm³/mol. The fraction of sp³-hybridized carbons (Fsp3) is 0.500. The third kappa shape index (κ3) is 3.82. The standard InChI is InChI=1S/C20H27N7O2/c1-3-22-20(29)26-11-8-14-4-5-15(12-17(14)26)23-19(28)18-13(2)27(25-24-18)16-6-9-21-10-7-16/h4-5,12,16,21H,3,6-11H2,1-2H3,(H,22,29)(H,23,28). The Bertz CT molecular complexity index is 918. The molecule has 0 bridgehead atoms. The number of aromatic nitrogens is 3. The lowest BCUT2D eigenvalue weighted by molar-refractivity contribution is 0.102. The van der Waals surface area contributed by atoms with Crippen LogP contribution in [0.5, 0.6) is 0 Å². The van der Waals surface area contributed by atoms with Crippen molar-refractivity contribution < 1.29 is 9.59 Å². The van der Waals surface area contributed by atoms with Gasteiger partial charge in [-0.25, -0.2) is 9.48 Å². The van der Waals surface area contributed by atoms with Crippen molar-refractivity contribution in [3.63, 3.8) is 0 Å². The van der Waals surface area contributed by atoms with Gasteiger partial charge in [0.25, 0.3) is 5.91 Å². The lowest BCUT2D eigenvalue weighted by atomic mass is 10.1. The maximum Gasteiger partial charge on any atom is 0.321 e. The Kier molecular flexibility index (Phi) is 5.48. The van der Waals surface area contributed by atoms with E-state index >= 15 is 0 Å². The number of piperidine rings is 1. The van der Waals surface area contributed by atoms with Crippen LogP contribution in [0.15, 0.2) is 18.2 Å². The van der Waals surface area contributed by atoms with E-state index in [0.717, 1.165) is 49.3 Å². The van der Waals surface area contributed by atoms with Crippen LogP contribution in [0.1, 0.15) is 47.6 Å². The molecule has 2 aliphatic rings. The molecule has 1 fully saturated rings. The van der Waals surface area contributed by atoms with Crippen LogP contribution in [0.2, 0.25) is 0 Å². The Labute approximate surface area is 169 Å². The number of urea groups is 1. The van der Waals surface area contributed by atoms with Crippen molar-refractivity contribution in [2.24, 2.45) is 0 Å². The largest absolute Gasteiger partial charge is 0.338 e. The quantitative estimate of drug-likeness (QED) is 0.730. The minimum absolute atomic E-state index is 0.115. The summed E-state index contributed by atoms with van der Waals surface area (Å²) in [6.07, 6.45) is 2.77. The highest BCUT2D eigenvalue weighted by molar-refractivity contribution is 6.04. The van der Waals surface area contributed by atoms with Crippen LogP contribution in [-0.2, 0) is 6.42 Å². The number of anilines is 2. The molecule has 0 unspecified atom stereocenters. The Morgan fingerprint density at radius 1 is 1.28 bits per heavy atom. The molecule has 2 aliphatic heterocycles. The number of benzene rings is 1. The highest BCUT2D eigenvalue weighted by Crippen LogP contribution is 2.31. The third-order valence-corrected chi connectivity index (χ3v) is 5.61. The van der Waals surface area contributed by atoms with Gasteiger partial charge in [-0.05, 0) is 63.9 Å². The van der Waals surface area contributed by atoms with Gasteiger partial charge in [0.05, 0.1) is 17.4 Å². The summed E-state index contributed by atoms with van der Waals surface area (Å²) < 4.78 is 1.87. The Balaban J connectivity index is 1.50. The fourth-order valence-electron chi connectivity index (χ4n) is 4.05. The number of carbonyl (C=O) groups is 2. The zero-order valence-corrected chi connectivity index (χ0v) is 16.9. The van der Waals surface area contributed by atoms with Crippen LogP contribution < -0.4 is 20.9 Å². The molecule has 9 nitrogen and oxygen atoms in total.